The highest BCUT2D eigenvalue weighted by Gasteiger charge is 2.41. The van der Waals surface area contributed by atoms with Crippen LogP contribution in [-0.4, -0.2) is 57.4 Å². The number of nitrogens with zero attached hydrogens (tertiary/aromatic N) is 3. The van der Waals surface area contributed by atoms with Crippen LogP contribution in [0.2, 0.25) is 0 Å². The van der Waals surface area contributed by atoms with Crippen LogP contribution in [0.4, 0.5) is 13.2 Å². The normalized spacial score (nSPS) is 21.3. The van der Waals surface area contributed by atoms with Crippen LogP contribution in [0, 0.1) is 17.5 Å². The maximum atomic E-state index is 14.2. The van der Waals surface area contributed by atoms with Gasteiger partial charge in [-0.25, -0.2) is 13.2 Å². The van der Waals surface area contributed by atoms with Crippen molar-refractivity contribution in [2.45, 2.75) is 51.6 Å². The summed E-state index contributed by atoms with van der Waals surface area (Å²) in [5.74, 6) is -5.55. The molecule has 2 aliphatic rings. The number of aromatic nitrogens is 1. The van der Waals surface area contributed by atoms with E-state index in [0.29, 0.717) is 24.1 Å². The van der Waals surface area contributed by atoms with Crippen molar-refractivity contribution in [1.82, 2.24) is 14.8 Å². The van der Waals surface area contributed by atoms with Crippen molar-refractivity contribution in [3.8, 4) is 5.75 Å². The van der Waals surface area contributed by atoms with E-state index in [1.54, 1.807) is 44.2 Å². The molecule has 0 saturated heterocycles. The van der Waals surface area contributed by atoms with Gasteiger partial charge < -0.3 is 29.5 Å². The van der Waals surface area contributed by atoms with Crippen LogP contribution in [0.1, 0.15) is 58.3 Å². The van der Waals surface area contributed by atoms with Gasteiger partial charge in [0.05, 0.1) is 11.8 Å². The van der Waals surface area contributed by atoms with Gasteiger partial charge in [-0.05, 0) is 19.4 Å². The molecule has 2 aliphatic heterocycles. The molecule has 0 saturated carbocycles. The molecule has 2 amide bonds. The van der Waals surface area contributed by atoms with Crippen molar-refractivity contribution in [3.63, 3.8) is 0 Å². The number of amides is 2. The maximum absolute atomic E-state index is 14.2. The fourth-order valence-electron chi connectivity index (χ4n) is 5.11. The second-order valence-corrected chi connectivity index (χ2v) is 10.4. The Hall–Kier alpha value is -4.65. The van der Waals surface area contributed by atoms with Gasteiger partial charge in [0, 0.05) is 49.4 Å². The summed E-state index contributed by atoms with van der Waals surface area (Å²) >= 11 is 0. The molecule has 3 aromatic rings. The van der Waals surface area contributed by atoms with Crippen LogP contribution in [-0.2, 0) is 18.0 Å². The zero-order chi connectivity index (χ0) is 30.8. The van der Waals surface area contributed by atoms with Gasteiger partial charge in [0.25, 0.3) is 11.8 Å². The van der Waals surface area contributed by atoms with E-state index in [-0.39, 0.29) is 37.2 Å². The van der Waals surface area contributed by atoms with E-state index in [0.717, 1.165) is 6.20 Å². The Labute approximate surface area is 244 Å². The molecular weight excluding hydrogens is 569 g/mol. The molecule has 2 aromatic carbocycles. The first kappa shape index (κ1) is 29.8. The van der Waals surface area contributed by atoms with Crippen LogP contribution in [0.5, 0.6) is 5.75 Å². The number of halogens is 3. The number of oxime groups is 1. The molecule has 226 valence electrons. The summed E-state index contributed by atoms with van der Waals surface area (Å²) in [5.41, 5.74) is -1.32. The standard InChI is InChI=1S/C30H29F3N4O6/c1-16-8-9-43-35-17(2)26(38)24-14-36(16)30(41)25-28(42-15-18-6-4-3-5-7-18)27(39)21(13-37(24)25)29(40)34-12-20-22(32)10-19(31)11-23(20)33/h3-7,10-11,13,16,24,26,38H,8-9,12,14-15H2,1-2H3,(H,34,40)/b35-17-/t16-,24+,26-/m0/s1. The smallest absolute Gasteiger partial charge is 0.274 e. The maximum Gasteiger partial charge on any atom is 0.274 e. The number of aliphatic hydroxyl groups excluding tert-OH is 1. The number of benzene rings is 2. The quantitative estimate of drug-likeness (QED) is 0.449. The molecule has 10 nitrogen and oxygen atoms in total. The molecule has 0 aliphatic carbocycles. The minimum Gasteiger partial charge on any atom is -0.483 e. The molecule has 3 atom stereocenters. The molecule has 2 N–H and O–H groups in total. The van der Waals surface area contributed by atoms with Crippen LogP contribution < -0.4 is 15.5 Å². The minimum absolute atomic E-state index is 0.0229. The summed E-state index contributed by atoms with van der Waals surface area (Å²) in [7, 11) is 0. The summed E-state index contributed by atoms with van der Waals surface area (Å²) in [6.45, 7) is 2.75. The summed E-state index contributed by atoms with van der Waals surface area (Å²) < 4.78 is 49.0. The molecular formula is C30H29F3N4O6. The first-order valence-electron chi connectivity index (χ1n) is 13.6. The highest BCUT2D eigenvalue weighted by Crippen LogP contribution is 2.32. The van der Waals surface area contributed by atoms with Gasteiger partial charge in [-0.3, -0.25) is 14.4 Å². The number of fused-ring (bicyclic) bond motifs is 4. The number of hydrogen-bond donors (Lipinski definition) is 2. The lowest BCUT2D eigenvalue weighted by Crippen LogP contribution is -2.53. The zero-order valence-corrected chi connectivity index (χ0v) is 23.4. The molecule has 43 heavy (non-hydrogen) atoms. The molecule has 0 unspecified atom stereocenters. The van der Waals surface area contributed by atoms with E-state index >= 15 is 0 Å². The predicted molar refractivity (Wildman–Crippen MR) is 148 cm³/mol. The number of carbonyl (C=O) groups is 2. The number of hydrogen-bond acceptors (Lipinski definition) is 7. The van der Waals surface area contributed by atoms with Crippen molar-refractivity contribution in [3.05, 3.63) is 98.7 Å². The van der Waals surface area contributed by atoms with Crippen molar-refractivity contribution >= 4 is 17.5 Å². The number of carbonyl (C=O) groups excluding carboxylic acids is 2. The van der Waals surface area contributed by atoms with E-state index in [1.807, 2.05) is 0 Å². The highest BCUT2D eigenvalue weighted by molar-refractivity contribution is 5.99. The van der Waals surface area contributed by atoms with Crippen molar-refractivity contribution in [2.75, 3.05) is 13.2 Å². The third-order valence-corrected chi connectivity index (χ3v) is 7.56. The van der Waals surface area contributed by atoms with Crippen LogP contribution >= 0.6 is 0 Å². The van der Waals surface area contributed by atoms with Gasteiger partial charge in [0.1, 0.15) is 42.3 Å². The van der Waals surface area contributed by atoms with E-state index in [9.17, 15) is 32.7 Å². The third-order valence-electron chi connectivity index (χ3n) is 7.56. The Morgan fingerprint density at radius 2 is 1.86 bits per heavy atom. The summed E-state index contributed by atoms with van der Waals surface area (Å²) in [6.07, 6.45) is 0.252. The first-order chi connectivity index (χ1) is 20.6. The van der Waals surface area contributed by atoms with E-state index < -0.39 is 70.3 Å². The van der Waals surface area contributed by atoms with Crippen molar-refractivity contribution < 1.29 is 37.4 Å². The molecule has 5 rings (SSSR count). The molecule has 1 aromatic heterocycles. The Balaban J connectivity index is 1.61. The Kier molecular flexibility index (Phi) is 8.53. The summed E-state index contributed by atoms with van der Waals surface area (Å²) in [5, 5.41) is 17.5. The molecule has 2 bridgehead atoms. The first-order valence-corrected chi connectivity index (χ1v) is 13.6. The Morgan fingerprint density at radius 1 is 1.16 bits per heavy atom. The molecule has 0 radical (unpaired) electrons. The number of nitrogens with one attached hydrogen (secondary N) is 1. The zero-order valence-electron chi connectivity index (χ0n) is 23.4. The molecule has 3 heterocycles. The lowest BCUT2D eigenvalue weighted by Gasteiger charge is -2.41. The highest BCUT2D eigenvalue weighted by atomic mass is 19.1. The summed E-state index contributed by atoms with van der Waals surface area (Å²) in [4.78, 5) is 47.8. The van der Waals surface area contributed by atoms with Gasteiger partial charge in [0.15, 0.2) is 11.4 Å². The second kappa shape index (κ2) is 12.3. The van der Waals surface area contributed by atoms with Gasteiger partial charge in [0.2, 0.25) is 5.43 Å². The van der Waals surface area contributed by atoms with Crippen molar-refractivity contribution in [2.24, 2.45) is 5.16 Å². The Bertz CT molecular complexity index is 1620. The average Bonchev–Trinajstić information content (AvgIpc) is 2.97. The topological polar surface area (TPSA) is 122 Å². The Morgan fingerprint density at radius 3 is 2.56 bits per heavy atom. The van der Waals surface area contributed by atoms with Gasteiger partial charge in [-0.2, -0.15) is 0 Å². The fraction of sp³-hybridized carbons (Fsp3) is 0.333. The van der Waals surface area contributed by atoms with E-state index in [1.165, 1.54) is 9.47 Å². The van der Waals surface area contributed by atoms with Gasteiger partial charge in [-0.15, -0.1) is 0 Å². The minimum atomic E-state index is -1.29. The number of aliphatic hydroxyl groups is 1. The van der Waals surface area contributed by atoms with Crippen LogP contribution in [0.3, 0.4) is 0 Å². The number of rotatable bonds is 6. The van der Waals surface area contributed by atoms with Gasteiger partial charge >= 0.3 is 0 Å². The van der Waals surface area contributed by atoms with Crippen molar-refractivity contribution in [1.29, 1.82) is 0 Å². The van der Waals surface area contributed by atoms with Crippen LogP contribution in [0.25, 0.3) is 0 Å². The van der Waals surface area contributed by atoms with Gasteiger partial charge in [-0.1, -0.05) is 35.5 Å². The van der Waals surface area contributed by atoms with Crippen LogP contribution in [0.15, 0.2) is 58.6 Å². The summed E-state index contributed by atoms with van der Waals surface area (Å²) in [6, 6.07) is 8.52. The van der Waals surface area contributed by atoms with E-state index in [4.69, 9.17) is 9.57 Å². The van der Waals surface area contributed by atoms with E-state index in [2.05, 4.69) is 10.5 Å². The lowest BCUT2D eigenvalue weighted by atomic mass is 9.98. The monoisotopic (exact) mass is 598 g/mol. The SMILES string of the molecule is C/C1=N/OCC[C@H](C)N2C[C@H]([C@H]1O)n1cc(C(=O)NCc3c(F)cc(F)cc3F)c(=O)c(OCc3ccccc3)c1C2=O. The third kappa shape index (κ3) is 5.98. The lowest BCUT2D eigenvalue weighted by molar-refractivity contribution is 0.0358. The largest absolute Gasteiger partial charge is 0.483 e. The average molecular weight is 599 g/mol. The number of pyridine rings is 1. The molecule has 0 spiro atoms. The molecule has 0 fully saturated rings. The predicted octanol–water partition coefficient (Wildman–Crippen LogP) is 3.32. The number of ether oxygens (including phenoxy) is 1. The fourth-order valence-corrected chi connectivity index (χ4v) is 5.11. The second-order valence-electron chi connectivity index (χ2n) is 10.4. The molecule has 13 heteroatoms.